The molecule has 1 N–H and O–H groups in total. The first-order valence-electron chi connectivity index (χ1n) is 17.7. The van der Waals surface area contributed by atoms with Gasteiger partial charge < -0.3 is 28.8 Å². The molecule has 1 saturated carbocycles. The van der Waals surface area contributed by atoms with E-state index in [1.807, 2.05) is 58.9 Å². The standard InChI is InChI=1S/C38H57ClF2O6/c1-6-11-21-43-27-32-34(45-22-12-7-2)35(46-23-13-8-3)36(47-24-14-9-4)37(42,38(32,40)41)30-17-20-33(39)29(26-30)25-28-15-18-31(19-16-28)44-10-5/h15-20,26,32,34-36,42H,6-14,21-25,27H2,1-5H3/t32-,34-,35+,36-,37+/m1/s1. The van der Waals surface area contributed by atoms with Crippen LogP contribution in [0.15, 0.2) is 42.5 Å². The number of unbranched alkanes of at least 4 members (excludes halogenated alkanes) is 4. The minimum absolute atomic E-state index is 0.0315. The Hall–Kier alpha value is -1.81. The van der Waals surface area contributed by atoms with Gasteiger partial charge in [0.15, 0.2) is 5.60 Å². The summed E-state index contributed by atoms with van der Waals surface area (Å²) in [6, 6.07) is 12.3. The first-order chi connectivity index (χ1) is 22.7. The summed E-state index contributed by atoms with van der Waals surface area (Å²) in [6.07, 6.45) is 3.22. The molecular formula is C38H57ClF2O6. The van der Waals surface area contributed by atoms with Gasteiger partial charge in [-0.05, 0) is 73.9 Å². The Labute approximate surface area is 286 Å². The largest absolute Gasteiger partial charge is 0.494 e. The first-order valence-corrected chi connectivity index (χ1v) is 18.1. The van der Waals surface area contributed by atoms with Gasteiger partial charge in [0.1, 0.15) is 18.0 Å². The number of halogens is 3. The van der Waals surface area contributed by atoms with Gasteiger partial charge in [-0.15, -0.1) is 0 Å². The molecule has 0 heterocycles. The summed E-state index contributed by atoms with van der Waals surface area (Å²) in [4.78, 5) is 0. The van der Waals surface area contributed by atoms with Crippen molar-refractivity contribution in [2.24, 2.45) is 5.92 Å². The number of ether oxygens (including phenoxy) is 5. The van der Waals surface area contributed by atoms with E-state index in [1.165, 1.54) is 6.07 Å². The van der Waals surface area contributed by atoms with Crippen LogP contribution in [-0.2, 0) is 31.0 Å². The van der Waals surface area contributed by atoms with Gasteiger partial charge in [-0.3, -0.25) is 0 Å². The normalized spacial score (nSPS) is 24.0. The van der Waals surface area contributed by atoms with Crippen LogP contribution in [0.1, 0.15) is 103 Å². The lowest BCUT2D eigenvalue weighted by atomic mass is 9.66. The monoisotopic (exact) mass is 682 g/mol. The number of alkyl halides is 2. The fraction of sp³-hybridized carbons (Fsp3) is 0.684. The molecule has 1 aliphatic rings. The van der Waals surface area contributed by atoms with Gasteiger partial charge in [0.05, 0.1) is 25.2 Å². The lowest BCUT2D eigenvalue weighted by Crippen LogP contribution is -2.72. The van der Waals surface area contributed by atoms with Gasteiger partial charge in [0.2, 0.25) is 0 Å². The second-order valence-electron chi connectivity index (χ2n) is 12.5. The average Bonchev–Trinajstić information content (AvgIpc) is 3.06. The molecule has 1 fully saturated rings. The second kappa shape index (κ2) is 20.0. The van der Waals surface area contributed by atoms with Crippen molar-refractivity contribution in [1.82, 2.24) is 0 Å². The van der Waals surface area contributed by atoms with Crippen molar-refractivity contribution < 1.29 is 37.6 Å². The van der Waals surface area contributed by atoms with E-state index in [1.54, 1.807) is 12.1 Å². The molecule has 266 valence electrons. The topological polar surface area (TPSA) is 66.4 Å². The maximum Gasteiger partial charge on any atom is 0.290 e. The number of rotatable bonds is 22. The van der Waals surface area contributed by atoms with Crippen LogP contribution < -0.4 is 4.74 Å². The highest BCUT2D eigenvalue weighted by Gasteiger charge is 2.72. The van der Waals surface area contributed by atoms with Crippen molar-refractivity contribution in [1.29, 1.82) is 0 Å². The van der Waals surface area contributed by atoms with Gasteiger partial charge >= 0.3 is 0 Å². The molecule has 1 aliphatic carbocycles. The van der Waals surface area contributed by atoms with E-state index in [0.29, 0.717) is 56.3 Å². The summed E-state index contributed by atoms with van der Waals surface area (Å²) >= 11 is 6.67. The van der Waals surface area contributed by atoms with E-state index >= 15 is 8.78 Å². The number of benzene rings is 2. The summed E-state index contributed by atoms with van der Waals surface area (Å²) in [5, 5.41) is 13.1. The summed E-state index contributed by atoms with van der Waals surface area (Å²) in [5.41, 5.74) is -1.17. The smallest absolute Gasteiger partial charge is 0.290 e. The molecule has 0 radical (unpaired) electrons. The van der Waals surface area contributed by atoms with E-state index in [-0.39, 0.29) is 18.8 Å². The van der Waals surface area contributed by atoms with Gasteiger partial charge in [0, 0.05) is 31.5 Å². The highest BCUT2D eigenvalue weighted by Crippen LogP contribution is 2.54. The van der Waals surface area contributed by atoms with Crippen LogP contribution in [0.4, 0.5) is 8.78 Å². The van der Waals surface area contributed by atoms with Crippen molar-refractivity contribution in [2.75, 3.05) is 39.6 Å². The molecule has 0 spiro atoms. The Kier molecular flexibility index (Phi) is 16.9. The average molecular weight is 683 g/mol. The molecule has 6 nitrogen and oxygen atoms in total. The fourth-order valence-corrected chi connectivity index (χ4v) is 6.24. The second-order valence-corrected chi connectivity index (χ2v) is 12.9. The third-order valence-electron chi connectivity index (χ3n) is 8.87. The summed E-state index contributed by atoms with van der Waals surface area (Å²) in [5.74, 6) is -4.44. The van der Waals surface area contributed by atoms with Gasteiger partial charge in [-0.25, -0.2) is 8.78 Å². The Balaban J connectivity index is 2.15. The van der Waals surface area contributed by atoms with E-state index in [0.717, 1.165) is 49.8 Å². The zero-order valence-corrected chi connectivity index (χ0v) is 29.8. The highest BCUT2D eigenvalue weighted by atomic mass is 35.5. The van der Waals surface area contributed by atoms with Crippen LogP contribution in [-0.4, -0.2) is 69.0 Å². The quantitative estimate of drug-likeness (QED) is 0.125. The van der Waals surface area contributed by atoms with Crippen molar-refractivity contribution in [2.45, 2.75) is 122 Å². The zero-order chi connectivity index (χ0) is 34.3. The molecule has 2 aromatic carbocycles. The highest BCUT2D eigenvalue weighted by molar-refractivity contribution is 6.31. The van der Waals surface area contributed by atoms with Crippen molar-refractivity contribution in [3.05, 3.63) is 64.2 Å². The van der Waals surface area contributed by atoms with Crippen molar-refractivity contribution in [3.63, 3.8) is 0 Å². The lowest BCUT2D eigenvalue weighted by Gasteiger charge is -2.55. The van der Waals surface area contributed by atoms with E-state index < -0.39 is 35.8 Å². The molecule has 0 aromatic heterocycles. The predicted octanol–water partition coefficient (Wildman–Crippen LogP) is 9.15. The van der Waals surface area contributed by atoms with Crippen molar-refractivity contribution >= 4 is 11.6 Å². The minimum Gasteiger partial charge on any atom is -0.494 e. The summed E-state index contributed by atoms with van der Waals surface area (Å²) in [6.45, 7) is 11.5. The van der Waals surface area contributed by atoms with Gasteiger partial charge in [-0.1, -0.05) is 89.2 Å². The lowest BCUT2D eigenvalue weighted by molar-refractivity contribution is -0.347. The van der Waals surface area contributed by atoms with E-state index in [9.17, 15) is 5.11 Å². The number of hydrogen-bond donors (Lipinski definition) is 1. The van der Waals surface area contributed by atoms with Crippen LogP contribution in [0.3, 0.4) is 0 Å². The Bertz CT molecular complexity index is 1170. The maximum absolute atomic E-state index is 17.4. The molecule has 0 saturated heterocycles. The molecule has 0 amide bonds. The third kappa shape index (κ3) is 10.1. The van der Waals surface area contributed by atoms with Crippen LogP contribution in [0.2, 0.25) is 5.02 Å². The molecular weight excluding hydrogens is 626 g/mol. The Morgan fingerprint density at radius 1 is 0.745 bits per heavy atom. The molecule has 0 aliphatic heterocycles. The third-order valence-corrected chi connectivity index (χ3v) is 9.24. The SMILES string of the molecule is CCCCOC[C@@H]1[C@@H](OCCCC)[C@H](OCCCC)[C@@H](OCCCC)[C@@](O)(c2ccc(Cl)c(Cc3ccc(OCC)cc3)c2)C1(F)F. The van der Waals surface area contributed by atoms with Crippen molar-refractivity contribution in [3.8, 4) is 5.75 Å². The Morgan fingerprint density at radius 2 is 1.32 bits per heavy atom. The molecule has 2 aromatic rings. The molecule has 0 unspecified atom stereocenters. The van der Waals surface area contributed by atoms with Crippen LogP contribution >= 0.6 is 11.6 Å². The molecule has 5 atom stereocenters. The van der Waals surface area contributed by atoms with Gasteiger partial charge in [0.25, 0.3) is 5.92 Å². The predicted molar refractivity (Wildman–Crippen MR) is 184 cm³/mol. The van der Waals surface area contributed by atoms with Crippen LogP contribution in [0, 0.1) is 5.92 Å². The van der Waals surface area contributed by atoms with E-state index in [4.69, 9.17) is 35.3 Å². The van der Waals surface area contributed by atoms with Crippen LogP contribution in [0.25, 0.3) is 0 Å². The molecule has 47 heavy (non-hydrogen) atoms. The summed E-state index contributed by atoms with van der Waals surface area (Å²) < 4.78 is 65.2. The van der Waals surface area contributed by atoms with Gasteiger partial charge in [-0.2, -0.15) is 0 Å². The molecule has 9 heteroatoms. The number of aliphatic hydroxyl groups is 1. The molecule has 3 rings (SSSR count). The fourth-order valence-electron chi connectivity index (χ4n) is 6.06. The minimum atomic E-state index is -3.71. The zero-order valence-electron chi connectivity index (χ0n) is 29.1. The first kappa shape index (κ1) is 39.6. The summed E-state index contributed by atoms with van der Waals surface area (Å²) in [7, 11) is 0. The molecule has 0 bridgehead atoms. The van der Waals surface area contributed by atoms with Crippen LogP contribution in [0.5, 0.6) is 5.75 Å². The number of hydrogen-bond acceptors (Lipinski definition) is 6. The maximum atomic E-state index is 17.4. The van der Waals surface area contributed by atoms with E-state index in [2.05, 4.69) is 0 Å². The Morgan fingerprint density at radius 3 is 1.91 bits per heavy atom.